The summed E-state index contributed by atoms with van der Waals surface area (Å²) in [6.07, 6.45) is 0.306. The molecule has 0 unspecified atom stereocenters. The van der Waals surface area contributed by atoms with Crippen LogP contribution in [-0.2, 0) is 4.79 Å². The molecule has 1 rings (SSSR count). The maximum atomic E-state index is 13.4. The van der Waals surface area contributed by atoms with Crippen molar-refractivity contribution in [1.29, 1.82) is 0 Å². The van der Waals surface area contributed by atoms with Crippen molar-refractivity contribution in [3.63, 3.8) is 0 Å². The summed E-state index contributed by atoms with van der Waals surface area (Å²) in [7, 11) is 1.50. The lowest BCUT2D eigenvalue weighted by Crippen LogP contribution is -2.32. The van der Waals surface area contributed by atoms with Gasteiger partial charge in [0.25, 0.3) is 0 Å². The molecule has 0 saturated heterocycles. The zero-order chi connectivity index (χ0) is 14.4. The summed E-state index contributed by atoms with van der Waals surface area (Å²) in [5.74, 6) is -1.51. The summed E-state index contributed by atoms with van der Waals surface area (Å²) in [6.45, 7) is 0.264. The quantitative estimate of drug-likeness (QED) is 0.875. The Morgan fingerprint density at radius 3 is 2.79 bits per heavy atom. The van der Waals surface area contributed by atoms with Gasteiger partial charge in [0.2, 0.25) is 0 Å². The summed E-state index contributed by atoms with van der Waals surface area (Å²) in [5, 5.41) is 11.2. The molecule has 0 fully saturated rings. The second kappa shape index (κ2) is 6.94. The van der Waals surface area contributed by atoms with Crippen LogP contribution < -0.4 is 5.32 Å². The van der Waals surface area contributed by atoms with Crippen molar-refractivity contribution in [1.82, 2.24) is 4.90 Å². The normalized spacial score (nSPS) is 10.1. The highest BCUT2D eigenvalue weighted by atomic mass is 35.5. The Labute approximate surface area is 115 Å². The van der Waals surface area contributed by atoms with Gasteiger partial charge in [-0.3, -0.25) is 4.79 Å². The summed E-state index contributed by atoms with van der Waals surface area (Å²) in [5.41, 5.74) is -0.0115. The number of nitrogens with zero attached hydrogens (tertiary/aromatic N) is 1. The first-order chi connectivity index (χ1) is 8.90. The maximum absolute atomic E-state index is 13.4. The molecule has 0 atom stereocenters. The standard InChI is InChI=1S/C12H14ClFN2O3/c1-16(6-2-3-11(17)18)12(19)15-10-7-8(13)4-5-9(10)14/h4-5,7H,2-3,6H2,1H3,(H,15,19)(H,17,18). The van der Waals surface area contributed by atoms with E-state index in [1.807, 2.05) is 0 Å². The number of amides is 2. The molecule has 0 heterocycles. The molecule has 0 radical (unpaired) electrons. The molecule has 0 spiro atoms. The first-order valence-electron chi connectivity index (χ1n) is 5.59. The molecule has 1 aromatic carbocycles. The molecule has 0 aromatic heterocycles. The van der Waals surface area contributed by atoms with Gasteiger partial charge in [-0.25, -0.2) is 9.18 Å². The Morgan fingerprint density at radius 2 is 2.16 bits per heavy atom. The number of aliphatic carboxylic acids is 1. The largest absolute Gasteiger partial charge is 0.481 e. The summed E-state index contributed by atoms with van der Waals surface area (Å²) in [6, 6.07) is 3.32. The zero-order valence-electron chi connectivity index (χ0n) is 10.3. The maximum Gasteiger partial charge on any atom is 0.321 e. The van der Waals surface area contributed by atoms with Gasteiger partial charge in [-0.2, -0.15) is 0 Å². The number of carbonyl (C=O) groups excluding carboxylic acids is 1. The third-order valence-corrected chi connectivity index (χ3v) is 2.64. The van der Waals surface area contributed by atoms with Gasteiger partial charge in [-0.1, -0.05) is 11.6 Å². The van der Waals surface area contributed by atoms with E-state index in [0.29, 0.717) is 11.4 Å². The number of rotatable bonds is 5. The number of hydrogen-bond donors (Lipinski definition) is 2. The Hall–Kier alpha value is -1.82. The van der Waals surface area contributed by atoms with Crippen molar-refractivity contribution in [2.24, 2.45) is 0 Å². The molecule has 19 heavy (non-hydrogen) atoms. The zero-order valence-corrected chi connectivity index (χ0v) is 11.1. The molecule has 2 N–H and O–H groups in total. The average molecular weight is 289 g/mol. The van der Waals surface area contributed by atoms with Crippen LogP contribution in [0.25, 0.3) is 0 Å². The van der Waals surface area contributed by atoms with E-state index in [1.165, 1.54) is 24.1 Å². The fraction of sp³-hybridized carbons (Fsp3) is 0.333. The number of nitrogens with one attached hydrogen (secondary N) is 1. The number of halogens is 2. The molecule has 104 valence electrons. The van der Waals surface area contributed by atoms with E-state index in [1.54, 1.807) is 0 Å². The Bertz CT molecular complexity index is 482. The van der Waals surface area contributed by atoms with E-state index in [-0.39, 0.29) is 18.7 Å². The minimum atomic E-state index is -0.922. The Kier molecular flexibility index (Phi) is 5.57. The lowest BCUT2D eigenvalue weighted by atomic mass is 10.3. The highest BCUT2D eigenvalue weighted by molar-refractivity contribution is 6.30. The van der Waals surface area contributed by atoms with Crippen LogP contribution in [0.2, 0.25) is 5.02 Å². The van der Waals surface area contributed by atoms with Crippen molar-refractivity contribution >= 4 is 29.3 Å². The lowest BCUT2D eigenvalue weighted by Gasteiger charge is -2.17. The third-order valence-electron chi connectivity index (χ3n) is 2.40. The van der Waals surface area contributed by atoms with Crippen LogP contribution in [-0.4, -0.2) is 35.6 Å². The third kappa shape index (κ3) is 5.13. The fourth-order valence-electron chi connectivity index (χ4n) is 1.37. The van der Waals surface area contributed by atoms with Crippen LogP contribution >= 0.6 is 11.6 Å². The second-order valence-corrected chi connectivity index (χ2v) is 4.41. The summed E-state index contributed by atoms with van der Waals surface area (Å²) < 4.78 is 13.4. The molecule has 0 aliphatic heterocycles. The van der Waals surface area contributed by atoms with Crippen molar-refractivity contribution in [3.05, 3.63) is 29.0 Å². The van der Waals surface area contributed by atoms with Crippen LogP contribution in [0.3, 0.4) is 0 Å². The number of hydrogen-bond acceptors (Lipinski definition) is 2. The first kappa shape index (κ1) is 15.2. The monoisotopic (exact) mass is 288 g/mol. The molecule has 0 saturated carbocycles. The van der Waals surface area contributed by atoms with Gasteiger partial charge in [0.15, 0.2) is 0 Å². The van der Waals surface area contributed by atoms with Crippen LogP contribution in [0.1, 0.15) is 12.8 Å². The number of carboxylic acid groups (broad SMARTS) is 1. The number of urea groups is 1. The number of carboxylic acids is 1. The van der Waals surface area contributed by atoms with E-state index < -0.39 is 17.8 Å². The Balaban J connectivity index is 2.54. The average Bonchev–Trinajstić information content (AvgIpc) is 2.33. The molecular formula is C12H14ClFN2O3. The highest BCUT2D eigenvalue weighted by Gasteiger charge is 2.12. The van der Waals surface area contributed by atoms with Crippen LogP contribution in [0.4, 0.5) is 14.9 Å². The van der Waals surface area contributed by atoms with Gasteiger partial charge in [0, 0.05) is 25.0 Å². The van der Waals surface area contributed by atoms with Crippen molar-refractivity contribution < 1.29 is 19.1 Å². The number of benzene rings is 1. The fourth-order valence-corrected chi connectivity index (χ4v) is 1.55. The SMILES string of the molecule is CN(CCCC(=O)O)C(=O)Nc1cc(Cl)ccc1F. The molecule has 0 bridgehead atoms. The van der Waals surface area contributed by atoms with Crippen molar-refractivity contribution in [2.75, 3.05) is 18.9 Å². The summed E-state index contributed by atoms with van der Waals surface area (Å²) in [4.78, 5) is 23.3. The van der Waals surface area contributed by atoms with E-state index in [9.17, 15) is 14.0 Å². The minimum Gasteiger partial charge on any atom is -0.481 e. The molecule has 7 heteroatoms. The van der Waals surface area contributed by atoms with Crippen molar-refractivity contribution in [2.45, 2.75) is 12.8 Å². The molecule has 0 aliphatic carbocycles. The highest BCUT2D eigenvalue weighted by Crippen LogP contribution is 2.19. The molecule has 2 amide bonds. The van der Waals surface area contributed by atoms with Gasteiger partial charge >= 0.3 is 12.0 Å². The molecule has 0 aliphatic rings. The predicted octanol–water partition coefficient (Wildman–Crippen LogP) is 2.81. The smallest absolute Gasteiger partial charge is 0.321 e. The van der Waals surface area contributed by atoms with Gasteiger partial charge in [0.1, 0.15) is 5.82 Å². The van der Waals surface area contributed by atoms with Crippen molar-refractivity contribution in [3.8, 4) is 0 Å². The lowest BCUT2D eigenvalue weighted by molar-refractivity contribution is -0.137. The van der Waals surface area contributed by atoms with Crippen LogP contribution in [0, 0.1) is 5.82 Å². The number of carbonyl (C=O) groups is 2. The predicted molar refractivity (Wildman–Crippen MR) is 69.9 cm³/mol. The first-order valence-corrected chi connectivity index (χ1v) is 5.97. The van der Waals surface area contributed by atoms with Crippen LogP contribution in [0.5, 0.6) is 0 Å². The van der Waals surface area contributed by atoms with E-state index in [0.717, 1.165) is 6.07 Å². The minimum absolute atomic E-state index is 0.0115. The van der Waals surface area contributed by atoms with Gasteiger partial charge < -0.3 is 15.3 Å². The van der Waals surface area contributed by atoms with E-state index in [4.69, 9.17) is 16.7 Å². The summed E-state index contributed by atoms with van der Waals surface area (Å²) >= 11 is 5.70. The Morgan fingerprint density at radius 1 is 1.47 bits per heavy atom. The van der Waals surface area contributed by atoms with Gasteiger partial charge in [-0.05, 0) is 24.6 Å². The van der Waals surface area contributed by atoms with Gasteiger partial charge in [-0.15, -0.1) is 0 Å². The van der Waals surface area contributed by atoms with E-state index >= 15 is 0 Å². The molecular weight excluding hydrogens is 275 g/mol. The molecule has 1 aromatic rings. The molecule has 5 nitrogen and oxygen atoms in total. The van der Waals surface area contributed by atoms with Crippen LogP contribution in [0.15, 0.2) is 18.2 Å². The van der Waals surface area contributed by atoms with E-state index in [2.05, 4.69) is 5.32 Å². The topological polar surface area (TPSA) is 69.6 Å². The van der Waals surface area contributed by atoms with Gasteiger partial charge in [0.05, 0.1) is 5.69 Å². The second-order valence-electron chi connectivity index (χ2n) is 3.97. The number of anilines is 1.